The fourth-order valence-corrected chi connectivity index (χ4v) is 2.49. The fourth-order valence-electron chi connectivity index (χ4n) is 2.49. The monoisotopic (exact) mass is 367 g/mol. The summed E-state index contributed by atoms with van der Waals surface area (Å²) >= 11 is 0. The number of nitrogens with one attached hydrogen (secondary N) is 2. The number of hydrogen-bond acceptors (Lipinski definition) is 6. The highest BCUT2D eigenvalue weighted by Gasteiger charge is 2.20. The van der Waals surface area contributed by atoms with E-state index in [1.165, 1.54) is 11.6 Å². The first-order valence-electron chi connectivity index (χ1n) is 8.08. The number of aryl methyl sites for hydroxylation is 1. The molecule has 2 amide bonds. The van der Waals surface area contributed by atoms with Crippen LogP contribution in [-0.4, -0.2) is 46.0 Å². The summed E-state index contributed by atoms with van der Waals surface area (Å²) in [6.45, 7) is 1.21. The maximum absolute atomic E-state index is 12.3. The van der Waals surface area contributed by atoms with Crippen LogP contribution >= 0.6 is 0 Å². The Morgan fingerprint density at radius 1 is 1.19 bits per heavy atom. The van der Waals surface area contributed by atoms with E-state index in [-0.39, 0.29) is 11.5 Å². The largest absolute Gasteiger partial charge is 0.452 e. The maximum Gasteiger partial charge on any atom is 0.344 e. The average Bonchev–Trinajstić information content (AvgIpc) is 3.02. The molecule has 0 radical (unpaired) electrons. The molecule has 3 rings (SSSR count). The first-order chi connectivity index (χ1) is 13.0. The molecule has 3 aromatic rings. The molecule has 9 nitrogen and oxygen atoms in total. The average molecular weight is 367 g/mol. The van der Waals surface area contributed by atoms with Gasteiger partial charge in [-0.05, 0) is 37.3 Å². The molecule has 2 N–H and O–H groups in total. The standard InChI is InChI=1S/C18H17N5O4/c1-11-15(16-20-8-3-9-23(16)22-11)18(26)27-10-14(24)21-13-6-4-12(5-7-13)17(25)19-2/h3-9H,10H2,1-2H3,(H,19,25)(H,21,24). The number of nitrogens with zero attached hydrogens (tertiary/aromatic N) is 3. The molecule has 27 heavy (non-hydrogen) atoms. The van der Waals surface area contributed by atoms with E-state index in [1.807, 2.05) is 0 Å². The number of hydrogen-bond donors (Lipinski definition) is 2. The topological polar surface area (TPSA) is 115 Å². The Morgan fingerprint density at radius 3 is 2.63 bits per heavy atom. The second-order valence-electron chi connectivity index (χ2n) is 5.63. The molecule has 0 unspecified atom stereocenters. The SMILES string of the molecule is CNC(=O)c1ccc(NC(=O)COC(=O)c2c(C)nn3cccnc23)cc1. The number of aromatic nitrogens is 3. The molecule has 2 aromatic heterocycles. The molecule has 0 saturated carbocycles. The third-order valence-electron chi connectivity index (χ3n) is 3.77. The van der Waals surface area contributed by atoms with Gasteiger partial charge in [0.15, 0.2) is 12.3 Å². The molecule has 0 saturated heterocycles. The van der Waals surface area contributed by atoms with Crippen LogP contribution in [0.25, 0.3) is 5.65 Å². The van der Waals surface area contributed by atoms with Crippen molar-refractivity contribution in [3.05, 3.63) is 59.5 Å². The van der Waals surface area contributed by atoms with E-state index in [1.54, 1.807) is 49.6 Å². The lowest BCUT2D eigenvalue weighted by Crippen LogP contribution is -2.21. The summed E-state index contributed by atoms with van der Waals surface area (Å²) in [5.74, 6) is -1.40. The molecule has 2 heterocycles. The molecule has 0 aliphatic rings. The molecule has 0 fully saturated rings. The predicted octanol–water partition coefficient (Wildman–Crippen LogP) is 1.19. The van der Waals surface area contributed by atoms with Crippen molar-refractivity contribution in [3.8, 4) is 0 Å². The lowest BCUT2D eigenvalue weighted by molar-refractivity contribution is -0.119. The molecule has 0 aliphatic heterocycles. The van der Waals surface area contributed by atoms with E-state index in [4.69, 9.17) is 4.74 Å². The highest BCUT2D eigenvalue weighted by Crippen LogP contribution is 2.14. The summed E-state index contributed by atoms with van der Waals surface area (Å²) in [5, 5.41) is 9.28. The molecule has 1 aromatic carbocycles. The van der Waals surface area contributed by atoms with Gasteiger partial charge in [0.1, 0.15) is 5.56 Å². The van der Waals surface area contributed by atoms with E-state index < -0.39 is 18.5 Å². The molecular formula is C18H17N5O4. The summed E-state index contributed by atoms with van der Waals surface area (Å²) in [4.78, 5) is 39.9. The van der Waals surface area contributed by atoms with Gasteiger partial charge < -0.3 is 15.4 Å². The van der Waals surface area contributed by atoms with Gasteiger partial charge in [0, 0.05) is 30.7 Å². The van der Waals surface area contributed by atoms with Crippen LogP contribution in [0.5, 0.6) is 0 Å². The molecule has 138 valence electrons. The van der Waals surface area contributed by atoms with Gasteiger partial charge in [0.05, 0.1) is 5.69 Å². The van der Waals surface area contributed by atoms with Gasteiger partial charge in [0.25, 0.3) is 11.8 Å². The zero-order valence-electron chi connectivity index (χ0n) is 14.7. The summed E-state index contributed by atoms with van der Waals surface area (Å²) in [6, 6.07) is 8.02. The number of carbonyl (C=O) groups is 3. The molecule has 0 spiro atoms. The number of carbonyl (C=O) groups excluding carboxylic acids is 3. The Labute approximate surface area is 154 Å². The van der Waals surface area contributed by atoms with Gasteiger partial charge in [-0.25, -0.2) is 14.3 Å². The molecular weight excluding hydrogens is 350 g/mol. The predicted molar refractivity (Wildman–Crippen MR) is 96.5 cm³/mol. The van der Waals surface area contributed by atoms with Gasteiger partial charge in [-0.1, -0.05) is 0 Å². The van der Waals surface area contributed by atoms with Crippen LogP contribution in [0.4, 0.5) is 5.69 Å². The number of amides is 2. The summed E-state index contributed by atoms with van der Waals surface area (Å²) < 4.78 is 6.55. The molecule has 0 bridgehead atoms. The highest BCUT2D eigenvalue weighted by molar-refractivity contribution is 6.00. The van der Waals surface area contributed by atoms with Gasteiger partial charge in [-0.15, -0.1) is 0 Å². The maximum atomic E-state index is 12.3. The normalized spacial score (nSPS) is 10.4. The van der Waals surface area contributed by atoms with E-state index in [0.717, 1.165) is 0 Å². The first-order valence-corrected chi connectivity index (χ1v) is 8.08. The van der Waals surface area contributed by atoms with Crippen LogP contribution in [0, 0.1) is 6.92 Å². The zero-order chi connectivity index (χ0) is 19.4. The molecule has 0 atom stereocenters. The number of anilines is 1. The second kappa shape index (κ2) is 7.65. The minimum absolute atomic E-state index is 0.221. The lowest BCUT2D eigenvalue weighted by Gasteiger charge is -2.07. The summed E-state index contributed by atoms with van der Waals surface area (Å²) in [5.41, 5.74) is 2.00. The van der Waals surface area contributed by atoms with E-state index in [2.05, 4.69) is 20.7 Å². The molecule has 0 aliphatic carbocycles. The van der Waals surface area contributed by atoms with Crippen LogP contribution in [-0.2, 0) is 9.53 Å². The van der Waals surface area contributed by atoms with E-state index in [0.29, 0.717) is 22.6 Å². The fraction of sp³-hybridized carbons (Fsp3) is 0.167. The number of benzene rings is 1. The number of fused-ring (bicyclic) bond motifs is 1. The van der Waals surface area contributed by atoms with Crippen molar-refractivity contribution in [2.24, 2.45) is 0 Å². The van der Waals surface area contributed by atoms with Crippen LogP contribution in [0.1, 0.15) is 26.4 Å². The summed E-state index contributed by atoms with van der Waals surface area (Å²) in [7, 11) is 1.54. The minimum Gasteiger partial charge on any atom is -0.452 e. The third-order valence-corrected chi connectivity index (χ3v) is 3.77. The number of ether oxygens (including phenoxy) is 1. The van der Waals surface area contributed by atoms with Crippen molar-refractivity contribution in [2.75, 3.05) is 19.0 Å². The highest BCUT2D eigenvalue weighted by atomic mass is 16.5. The van der Waals surface area contributed by atoms with Crippen LogP contribution in [0.15, 0.2) is 42.7 Å². The zero-order valence-corrected chi connectivity index (χ0v) is 14.7. The van der Waals surface area contributed by atoms with Gasteiger partial charge in [-0.2, -0.15) is 5.10 Å². The third kappa shape index (κ3) is 3.92. The lowest BCUT2D eigenvalue weighted by atomic mass is 10.2. The van der Waals surface area contributed by atoms with E-state index in [9.17, 15) is 14.4 Å². The van der Waals surface area contributed by atoms with Crippen molar-refractivity contribution in [2.45, 2.75) is 6.92 Å². The Morgan fingerprint density at radius 2 is 1.93 bits per heavy atom. The van der Waals surface area contributed by atoms with Crippen molar-refractivity contribution >= 4 is 29.1 Å². The minimum atomic E-state index is -0.675. The van der Waals surface area contributed by atoms with Crippen molar-refractivity contribution in [1.29, 1.82) is 0 Å². The number of esters is 1. The van der Waals surface area contributed by atoms with Crippen molar-refractivity contribution < 1.29 is 19.1 Å². The Hall–Kier alpha value is -3.75. The number of rotatable bonds is 5. The van der Waals surface area contributed by atoms with Crippen molar-refractivity contribution in [1.82, 2.24) is 19.9 Å². The Bertz CT molecular complexity index is 1010. The van der Waals surface area contributed by atoms with Crippen LogP contribution in [0.3, 0.4) is 0 Å². The van der Waals surface area contributed by atoms with Gasteiger partial charge in [0.2, 0.25) is 0 Å². The van der Waals surface area contributed by atoms with Crippen molar-refractivity contribution in [3.63, 3.8) is 0 Å². The van der Waals surface area contributed by atoms with Crippen LogP contribution in [0.2, 0.25) is 0 Å². The van der Waals surface area contributed by atoms with Gasteiger partial charge in [-0.3, -0.25) is 9.59 Å². The Kier molecular flexibility index (Phi) is 5.11. The quantitative estimate of drug-likeness (QED) is 0.655. The second-order valence-corrected chi connectivity index (χ2v) is 5.63. The first kappa shape index (κ1) is 18.1. The van der Waals surface area contributed by atoms with E-state index >= 15 is 0 Å². The smallest absolute Gasteiger partial charge is 0.344 e. The Balaban J connectivity index is 1.61. The summed E-state index contributed by atoms with van der Waals surface area (Å²) in [6.07, 6.45) is 3.21. The van der Waals surface area contributed by atoms with Crippen LogP contribution < -0.4 is 10.6 Å². The molecule has 9 heteroatoms. The van der Waals surface area contributed by atoms with Gasteiger partial charge >= 0.3 is 5.97 Å².